The Bertz CT molecular complexity index is 1320. The van der Waals surface area contributed by atoms with Gasteiger partial charge in [0.25, 0.3) is 0 Å². The van der Waals surface area contributed by atoms with E-state index in [1.807, 2.05) is 12.1 Å². The van der Waals surface area contributed by atoms with Crippen molar-refractivity contribution in [1.82, 2.24) is 9.29 Å². The molecule has 0 saturated carbocycles. The number of sulfonamides is 1. The van der Waals surface area contributed by atoms with Gasteiger partial charge in [0.05, 0.1) is 16.3 Å². The van der Waals surface area contributed by atoms with Crippen LogP contribution in [0.2, 0.25) is 5.02 Å². The predicted molar refractivity (Wildman–Crippen MR) is 139 cm³/mol. The number of fused-ring (bicyclic) bond motifs is 1. The van der Waals surface area contributed by atoms with Crippen LogP contribution in [0, 0.1) is 5.92 Å². The van der Waals surface area contributed by atoms with E-state index in [-0.39, 0.29) is 11.8 Å². The number of halogens is 1. The highest BCUT2D eigenvalue weighted by molar-refractivity contribution is 7.89. The van der Waals surface area contributed by atoms with E-state index >= 15 is 0 Å². The molecule has 2 saturated heterocycles. The number of nitrogens with one attached hydrogen (secondary N) is 1. The quantitative estimate of drug-likeness (QED) is 0.524. The van der Waals surface area contributed by atoms with Crippen LogP contribution in [0.3, 0.4) is 0 Å². The molecule has 2 aromatic carbocycles. The maximum atomic E-state index is 13.0. The maximum Gasteiger partial charge on any atom is 0.243 e. The number of carbonyl (C=O) groups is 1. The zero-order valence-corrected chi connectivity index (χ0v) is 21.1. The summed E-state index contributed by atoms with van der Waals surface area (Å²) < 4.78 is 27.7. The normalized spacial score (nSPS) is 19.6. The highest BCUT2D eigenvalue weighted by Crippen LogP contribution is 2.28. The molecule has 5 rings (SSSR count). The Morgan fingerprint density at radius 1 is 0.943 bits per heavy atom. The number of hydrogen-bond acceptors (Lipinski definition) is 5. The molecule has 2 aliphatic heterocycles. The molecular weight excluding hydrogens is 484 g/mol. The summed E-state index contributed by atoms with van der Waals surface area (Å²) in [4.78, 5) is 20.1. The topological polar surface area (TPSA) is 82.6 Å². The summed E-state index contributed by atoms with van der Waals surface area (Å²) in [5.74, 6) is 0.646. The minimum absolute atomic E-state index is 0.00891. The first-order valence-electron chi connectivity index (χ1n) is 12.1. The van der Waals surface area contributed by atoms with Crippen LogP contribution in [-0.4, -0.2) is 49.8 Å². The minimum Gasteiger partial charge on any atom is -0.356 e. The summed E-state index contributed by atoms with van der Waals surface area (Å²) in [7, 11) is -3.49. The Labute approximate surface area is 211 Å². The first-order chi connectivity index (χ1) is 16.9. The molecule has 1 unspecified atom stereocenters. The molecule has 2 aliphatic rings. The van der Waals surface area contributed by atoms with Crippen LogP contribution in [-0.2, 0) is 14.8 Å². The molecule has 1 N–H and O–H groups in total. The molecule has 1 aromatic heterocycles. The molecule has 0 spiro atoms. The van der Waals surface area contributed by atoms with E-state index in [1.165, 1.54) is 0 Å². The number of nitrogens with zero attached hydrogens (tertiary/aromatic N) is 3. The zero-order chi connectivity index (χ0) is 24.4. The van der Waals surface area contributed by atoms with Gasteiger partial charge < -0.3 is 10.2 Å². The van der Waals surface area contributed by atoms with Gasteiger partial charge in [0.1, 0.15) is 5.82 Å². The van der Waals surface area contributed by atoms with Crippen LogP contribution >= 0.6 is 11.6 Å². The molecule has 2 fully saturated rings. The molecule has 7 nitrogen and oxygen atoms in total. The summed E-state index contributed by atoms with van der Waals surface area (Å²) in [6, 6.07) is 16.1. The third-order valence-corrected chi connectivity index (χ3v) is 8.97. The SMILES string of the molecule is O=C(Nc1ccc(Cl)cc1)C1CCCN(c2ccc3cc(S(=O)(=O)N4CCCCC4)ccc3n2)C1. The third-order valence-electron chi connectivity index (χ3n) is 6.83. The number of pyridine rings is 1. The van der Waals surface area contributed by atoms with Gasteiger partial charge in [0, 0.05) is 42.3 Å². The molecule has 3 heterocycles. The Hall–Kier alpha value is -2.68. The number of anilines is 2. The van der Waals surface area contributed by atoms with Gasteiger partial charge in [-0.05, 0) is 80.3 Å². The fraction of sp³-hybridized carbons (Fsp3) is 0.385. The standard InChI is InChI=1S/C26H29ClN4O3S/c27-21-7-9-22(10-8-21)28-26(32)20-5-4-14-30(18-20)25-13-6-19-17-23(11-12-24(19)29-25)35(33,34)31-15-2-1-3-16-31/h6-13,17,20H,1-5,14-16,18H2,(H,28,32). The number of hydrogen-bond donors (Lipinski definition) is 1. The van der Waals surface area contributed by atoms with Crippen LogP contribution < -0.4 is 10.2 Å². The molecule has 184 valence electrons. The van der Waals surface area contributed by atoms with Gasteiger partial charge in [-0.2, -0.15) is 4.31 Å². The smallest absolute Gasteiger partial charge is 0.243 e. The molecule has 0 bridgehead atoms. The van der Waals surface area contributed by atoms with Crippen molar-refractivity contribution in [2.24, 2.45) is 5.92 Å². The lowest BCUT2D eigenvalue weighted by Gasteiger charge is -2.33. The predicted octanol–water partition coefficient (Wildman–Crippen LogP) is 4.92. The summed E-state index contributed by atoms with van der Waals surface area (Å²) >= 11 is 5.93. The molecule has 0 radical (unpaired) electrons. The van der Waals surface area contributed by atoms with E-state index in [4.69, 9.17) is 16.6 Å². The van der Waals surface area contributed by atoms with Gasteiger partial charge in [0.15, 0.2) is 0 Å². The molecule has 1 atom stereocenters. The van der Waals surface area contributed by atoms with Crippen molar-refractivity contribution in [2.75, 3.05) is 36.4 Å². The minimum atomic E-state index is -3.49. The summed E-state index contributed by atoms with van der Waals surface area (Å²) in [6.45, 7) is 2.57. The Morgan fingerprint density at radius 3 is 2.49 bits per heavy atom. The molecule has 0 aliphatic carbocycles. The van der Waals surface area contributed by atoms with Gasteiger partial charge in [-0.3, -0.25) is 4.79 Å². The Balaban J connectivity index is 1.30. The fourth-order valence-corrected chi connectivity index (χ4v) is 6.54. The maximum absolute atomic E-state index is 13.0. The van der Waals surface area contributed by atoms with E-state index in [0.29, 0.717) is 29.6 Å². The van der Waals surface area contributed by atoms with Crippen molar-refractivity contribution < 1.29 is 13.2 Å². The Morgan fingerprint density at radius 2 is 1.71 bits per heavy atom. The van der Waals surface area contributed by atoms with Crippen molar-refractivity contribution in [3.63, 3.8) is 0 Å². The lowest BCUT2D eigenvalue weighted by atomic mass is 9.97. The van der Waals surface area contributed by atoms with Gasteiger partial charge in [0.2, 0.25) is 15.9 Å². The van der Waals surface area contributed by atoms with Crippen LogP contribution in [0.25, 0.3) is 10.9 Å². The van der Waals surface area contributed by atoms with Gasteiger partial charge in [-0.15, -0.1) is 0 Å². The van der Waals surface area contributed by atoms with E-state index in [1.54, 1.807) is 46.8 Å². The first kappa shape index (κ1) is 24.0. The number of carbonyl (C=O) groups excluding carboxylic acids is 1. The van der Waals surface area contributed by atoms with Crippen molar-refractivity contribution in [3.05, 3.63) is 59.6 Å². The highest BCUT2D eigenvalue weighted by atomic mass is 35.5. The average Bonchev–Trinajstić information content (AvgIpc) is 2.90. The lowest BCUT2D eigenvalue weighted by molar-refractivity contribution is -0.120. The second kappa shape index (κ2) is 10.1. The van der Waals surface area contributed by atoms with Crippen LogP contribution in [0.1, 0.15) is 32.1 Å². The second-order valence-electron chi connectivity index (χ2n) is 9.27. The van der Waals surface area contributed by atoms with E-state index in [2.05, 4.69) is 10.2 Å². The monoisotopic (exact) mass is 512 g/mol. The third kappa shape index (κ3) is 5.29. The number of aromatic nitrogens is 1. The van der Waals surface area contributed by atoms with E-state index in [0.717, 1.165) is 61.1 Å². The van der Waals surface area contributed by atoms with Crippen molar-refractivity contribution in [3.8, 4) is 0 Å². The number of amides is 1. The van der Waals surface area contributed by atoms with Gasteiger partial charge in [-0.1, -0.05) is 18.0 Å². The number of piperidine rings is 2. The lowest BCUT2D eigenvalue weighted by Crippen LogP contribution is -2.41. The first-order valence-corrected chi connectivity index (χ1v) is 13.9. The fourth-order valence-electron chi connectivity index (χ4n) is 4.86. The molecule has 3 aromatic rings. The summed E-state index contributed by atoms with van der Waals surface area (Å²) in [5.41, 5.74) is 1.48. The number of benzene rings is 2. The van der Waals surface area contributed by atoms with Crippen LogP contribution in [0.4, 0.5) is 11.5 Å². The Kier molecular flexibility index (Phi) is 6.95. The second-order valence-corrected chi connectivity index (χ2v) is 11.6. The van der Waals surface area contributed by atoms with Crippen LogP contribution in [0.15, 0.2) is 59.5 Å². The summed E-state index contributed by atoms with van der Waals surface area (Å²) in [5, 5.41) is 4.40. The molecular formula is C26H29ClN4O3S. The van der Waals surface area contributed by atoms with Gasteiger partial charge in [-0.25, -0.2) is 13.4 Å². The van der Waals surface area contributed by atoms with Crippen molar-refractivity contribution >= 4 is 49.9 Å². The van der Waals surface area contributed by atoms with Crippen molar-refractivity contribution in [1.29, 1.82) is 0 Å². The zero-order valence-electron chi connectivity index (χ0n) is 19.5. The van der Waals surface area contributed by atoms with Crippen LogP contribution in [0.5, 0.6) is 0 Å². The molecule has 1 amide bonds. The molecule has 35 heavy (non-hydrogen) atoms. The van der Waals surface area contributed by atoms with E-state index < -0.39 is 10.0 Å². The van der Waals surface area contributed by atoms with E-state index in [9.17, 15) is 13.2 Å². The number of rotatable bonds is 5. The average molecular weight is 513 g/mol. The summed E-state index contributed by atoms with van der Waals surface area (Å²) in [6.07, 6.45) is 4.61. The highest BCUT2D eigenvalue weighted by Gasteiger charge is 2.28. The van der Waals surface area contributed by atoms with Gasteiger partial charge >= 0.3 is 0 Å². The molecule has 9 heteroatoms. The largest absolute Gasteiger partial charge is 0.356 e. The van der Waals surface area contributed by atoms with Crippen molar-refractivity contribution in [2.45, 2.75) is 37.0 Å².